The van der Waals surface area contributed by atoms with Gasteiger partial charge in [0.05, 0.1) is 5.92 Å². The fourth-order valence-corrected chi connectivity index (χ4v) is 2.91. The van der Waals surface area contributed by atoms with Crippen LogP contribution >= 0.6 is 0 Å². The van der Waals surface area contributed by atoms with Crippen molar-refractivity contribution < 1.29 is 14.7 Å². The normalized spacial score (nSPS) is 15.7. The van der Waals surface area contributed by atoms with E-state index in [4.69, 9.17) is 5.11 Å². The summed E-state index contributed by atoms with van der Waals surface area (Å²) in [6, 6.07) is 0. The lowest BCUT2D eigenvalue weighted by atomic mass is 10.1. The van der Waals surface area contributed by atoms with Crippen LogP contribution in [0.15, 0.2) is 0 Å². The first-order valence-electron chi connectivity index (χ1n) is 11.5. The van der Waals surface area contributed by atoms with Gasteiger partial charge in [0.1, 0.15) is 0 Å². The van der Waals surface area contributed by atoms with E-state index >= 15 is 0 Å². The number of carbonyl (C=O) groups excluding carboxylic acids is 1. The first-order valence-corrected chi connectivity index (χ1v) is 11.5. The van der Waals surface area contributed by atoms with Crippen molar-refractivity contribution >= 4 is 11.9 Å². The minimum atomic E-state index is -0.851. The Hall–Kier alpha value is -1.06. The van der Waals surface area contributed by atoms with Gasteiger partial charge in [-0.3, -0.25) is 9.59 Å². The van der Waals surface area contributed by atoms with E-state index in [2.05, 4.69) is 34.6 Å². The molecule has 0 bridgehead atoms. The fourth-order valence-electron chi connectivity index (χ4n) is 2.91. The van der Waals surface area contributed by atoms with Gasteiger partial charge in [-0.05, 0) is 6.42 Å². The maximum absolute atomic E-state index is 11.3. The average molecular weight is 386 g/mol. The SMILES string of the molecule is CCCCC.CCCCCCCC.CCCCCN1CC(C(=O)O)CC1=O. The Balaban J connectivity index is 0. The number of hydrogen-bond donors (Lipinski definition) is 1. The fraction of sp³-hybridized carbons (Fsp3) is 0.913. The van der Waals surface area contributed by atoms with Crippen molar-refractivity contribution in [3.8, 4) is 0 Å². The molecule has 27 heavy (non-hydrogen) atoms. The summed E-state index contributed by atoms with van der Waals surface area (Å²) in [5, 5.41) is 8.74. The molecule has 1 atom stereocenters. The summed E-state index contributed by atoms with van der Waals surface area (Å²) >= 11 is 0. The molecule has 1 rings (SSSR count). The molecule has 1 amide bonds. The highest BCUT2D eigenvalue weighted by molar-refractivity contribution is 5.86. The number of hydrogen-bond acceptors (Lipinski definition) is 2. The standard InChI is InChI=1S/C10H17NO3.C8H18.C5H12/c1-2-3-4-5-11-7-8(10(13)14)6-9(11)12;1-3-5-7-8-6-4-2;1-3-5-4-2/h8H,2-7H2,1H3,(H,13,14);3-8H2,1-2H3;3-5H2,1-2H3. The topological polar surface area (TPSA) is 57.6 Å². The molecule has 4 nitrogen and oxygen atoms in total. The predicted octanol–water partition coefficient (Wildman–Crippen LogP) is 6.67. The molecule has 0 aliphatic carbocycles. The number of carboxylic acid groups (broad SMARTS) is 1. The lowest BCUT2D eigenvalue weighted by Gasteiger charge is -2.15. The van der Waals surface area contributed by atoms with Crippen LogP contribution < -0.4 is 0 Å². The average Bonchev–Trinajstić information content (AvgIpc) is 3.02. The van der Waals surface area contributed by atoms with Crippen molar-refractivity contribution in [3.05, 3.63) is 0 Å². The molecule has 4 heteroatoms. The van der Waals surface area contributed by atoms with Crippen LogP contribution in [0.1, 0.15) is 118 Å². The van der Waals surface area contributed by atoms with Crippen LogP contribution in [0.5, 0.6) is 0 Å². The van der Waals surface area contributed by atoms with E-state index in [9.17, 15) is 9.59 Å². The van der Waals surface area contributed by atoms with Crippen LogP contribution in [0.3, 0.4) is 0 Å². The lowest BCUT2D eigenvalue weighted by molar-refractivity contribution is -0.141. The molecule has 1 fully saturated rings. The zero-order valence-electron chi connectivity index (χ0n) is 18.9. The maximum atomic E-state index is 11.3. The van der Waals surface area contributed by atoms with Gasteiger partial charge in [-0.2, -0.15) is 0 Å². The number of carboxylic acids is 1. The Labute approximate surface area is 169 Å². The third-order valence-electron chi connectivity index (χ3n) is 4.76. The van der Waals surface area contributed by atoms with E-state index in [-0.39, 0.29) is 12.3 Å². The Kier molecular flexibility index (Phi) is 22.1. The molecule has 0 radical (unpaired) electrons. The van der Waals surface area contributed by atoms with Crippen molar-refractivity contribution in [1.82, 2.24) is 4.90 Å². The van der Waals surface area contributed by atoms with E-state index in [0.717, 1.165) is 25.8 Å². The number of rotatable bonds is 12. The molecular formula is C23H47NO3. The molecular weight excluding hydrogens is 338 g/mol. The zero-order valence-corrected chi connectivity index (χ0v) is 18.9. The Morgan fingerprint density at radius 1 is 0.815 bits per heavy atom. The van der Waals surface area contributed by atoms with E-state index in [0.29, 0.717) is 6.54 Å². The third-order valence-corrected chi connectivity index (χ3v) is 4.76. The molecule has 1 heterocycles. The first kappa shape index (κ1) is 28.2. The van der Waals surface area contributed by atoms with Crippen LogP contribution in [0, 0.1) is 5.92 Å². The minimum Gasteiger partial charge on any atom is -0.481 e. The Morgan fingerprint density at radius 3 is 1.59 bits per heavy atom. The molecule has 0 aromatic carbocycles. The van der Waals surface area contributed by atoms with Gasteiger partial charge in [0.25, 0.3) is 0 Å². The Morgan fingerprint density at radius 2 is 1.26 bits per heavy atom. The molecule has 0 aromatic rings. The van der Waals surface area contributed by atoms with Gasteiger partial charge in [0.15, 0.2) is 0 Å². The van der Waals surface area contributed by atoms with Crippen molar-refractivity contribution in [2.45, 2.75) is 118 Å². The number of amides is 1. The van der Waals surface area contributed by atoms with Crippen molar-refractivity contribution in [3.63, 3.8) is 0 Å². The molecule has 1 aliphatic heterocycles. The maximum Gasteiger partial charge on any atom is 0.308 e. The summed E-state index contributed by atoms with van der Waals surface area (Å²) in [5.74, 6) is -1.34. The summed E-state index contributed by atoms with van der Waals surface area (Å²) in [6.45, 7) is 12.2. The summed E-state index contributed by atoms with van der Waals surface area (Å²) in [4.78, 5) is 23.7. The van der Waals surface area contributed by atoms with E-state index in [1.165, 1.54) is 57.8 Å². The number of unbranched alkanes of at least 4 members (excludes halogenated alkanes) is 9. The van der Waals surface area contributed by atoms with Gasteiger partial charge in [-0.15, -0.1) is 0 Å². The van der Waals surface area contributed by atoms with Gasteiger partial charge < -0.3 is 10.0 Å². The quantitative estimate of drug-likeness (QED) is 0.381. The smallest absolute Gasteiger partial charge is 0.308 e. The Bertz CT molecular complexity index is 337. The predicted molar refractivity (Wildman–Crippen MR) is 116 cm³/mol. The lowest BCUT2D eigenvalue weighted by Crippen LogP contribution is -2.27. The highest BCUT2D eigenvalue weighted by Crippen LogP contribution is 2.18. The number of likely N-dealkylation sites (tertiary alicyclic amines) is 1. The molecule has 0 aromatic heterocycles. The molecule has 1 aliphatic rings. The molecule has 0 spiro atoms. The largest absolute Gasteiger partial charge is 0.481 e. The second-order valence-corrected chi connectivity index (χ2v) is 7.55. The van der Waals surface area contributed by atoms with E-state index in [1.807, 2.05) is 0 Å². The summed E-state index contributed by atoms with van der Waals surface area (Å²) in [7, 11) is 0. The highest BCUT2D eigenvalue weighted by Gasteiger charge is 2.33. The number of nitrogens with zero attached hydrogens (tertiary/aromatic N) is 1. The third kappa shape index (κ3) is 18.1. The van der Waals surface area contributed by atoms with Gasteiger partial charge in [-0.1, -0.05) is 105 Å². The molecule has 0 saturated carbocycles. The molecule has 1 N–H and O–H groups in total. The highest BCUT2D eigenvalue weighted by atomic mass is 16.4. The molecule has 1 unspecified atom stereocenters. The number of carbonyl (C=O) groups is 2. The number of aliphatic carboxylic acids is 1. The summed E-state index contributed by atoms with van der Waals surface area (Å²) in [5.41, 5.74) is 0. The second kappa shape index (κ2) is 21.2. The van der Waals surface area contributed by atoms with Crippen LogP contribution in [-0.4, -0.2) is 35.0 Å². The van der Waals surface area contributed by atoms with Gasteiger partial charge >= 0.3 is 5.97 Å². The monoisotopic (exact) mass is 385 g/mol. The van der Waals surface area contributed by atoms with Crippen molar-refractivity contribution in [1.29, 1.82) is 0 Å². The van der Waals surface area contributed by atoms with Crippen molar-refractivity contribution in [2.24, 2.45) is 5.92 Å². The van der Waals surface area contributed by atoms with E-state index in [1.54, 1.807) is 4.90 Å². The van der Waals surface area contributed by atoms with Crippen LogP contribution in [0.25, 0.3) is 0 Å². The summed E-state index contributed by atoms with van der Waals surface area (Å²) < 4.78 is 0. The van der Waals surface area contributed by atoms with Gasteiger partial charge in [0.2, 0.25) is 5.91 Å². The van der Waals surface area contributed by atoms with Crippen LogP contribution in [0.4, 0.5) is 0 Å². The van der Waals surface area contributed by atoms with Crippen LogP contribution in [0.2, 0.25) is 0 Å². The zero-order chi connectivity index (χ0) is 20.9. The molecule has 162 valence electrons. The van der Waals surface area contributed by atoms with E-state index < -0.39 is 11.9 Å². The van der Waals surface area contributed by atoms with Gasteiger partial charge in [-0.25, -0.2) is 0 Å². The second-order valence-electron chi connectivity index (χ2n) is 7.55. The first-order chi connectivity index (χ1) is 13.0. The van der Waals surface area contributed by atoms with Gasteiger partial charge in [0, 0.05) is 19.5 Å². The summed E-state index contributed by atoms with van der Waals surface area (Å²) in [6.07, 6.45) is 15.9. The minimum absolute atomic E-state index is 0.00602. The van der Waals surface area contributed by atoms with Crippen LogP contribution in [-0.2, 0) is 9.59 Å². The van der Waals surface area contributed by atoms with Crippen molar-refractivity contribution in [2.75, 3.05) is 13.1 Å². The molecule has 1 saturated heterocycles.